The maximum atomic E-state index is 12.2. The van der Waals surface area contributed by atoms with Gasteiger partial charge in [-0.3, -0.25) is 14.6 Å². The number of carbonyl (C=O) groups is 2. The van der Waals surface area contributed by atoms with E-state index in [1.807, 2.05) is 36.4 Å². The number of amides is 1. The van der Waals surface area contributed by atoms with Crippen LogP contribution in [0, 0.1) is 0 Å². The summed E-state index contributed by atoms with van der Waals surface area (Å²) in [5, 5.41) is 2.66. The smallest absolute Gasteiger partial charge is 0.310 e. The number of methoxy groups -OCH3 is 1. The van der Waals surface area contributed by atoms with Crippen LogP contribution >= 0.6 is 0 Å². The molecule has 0 unspecified atom stereocenters. The molecule has 7 heteroatoms. The molecule has 0 radical (unpaired) electrons. The molecule has 2 rings (SSSR count). The van der Waals surface area contributed by atoms with Gasteiger partial charge >= 0.3 is 5.97 Å². The Morgan fingerprint density at radius 1 is 1.03 bits per heavy atom. The first-order valence-corrected chi connectivity index (χ1v) is 9.05. The summed E-state index contributed by atoms with van der Waals surface area (Å²) in [7, 11) is 1.53. The molecule has 0 saturated heterocycles. The number of allylic oxidation sites excluding steroid dienone is 2. The molecule has 29 heavy (non-hydrogen) atoms. The number of nitrogens with zero attached hydrogens (tertiary/aromatic N) is 1. The van der Waals surface area contributed by atoms with Crippen molar-refractivity contribution < 1.29 is 19.1 Å². The molecule has 0 heterocycles. The minimum atomic E-state index is -0.533. The lowest BCUT2D eigenvalue weighted by molar-refractivity contribution is -0.147. The summed E-state index contributed by atoms with van der Waals surface area (Å²) >= 11 is 0. The number of aliphatic imine (C=N–C) groups is 1. The van der Waals surface area contributed by atoms with Gasteiger partial charge in [-0.05, 0) is 32.0 Å². The van der Waals surface area contributed by atoms with Crippen LogP contribution in [-0.4, -0.2) is 31.3 Å². The Balaban J connectivity index is 1.95. The fourth-order valence-corrected chi connectivity index (χ4v) is 2.60. The van der Waals surface area contributed by atoms with Crippen LogP contribution in [0.2, 0.25) is 0 Å². The zero-order chi connectivity index (χ0) is 21.2. The monoisotopic (exact) mass is 395 g/mol. The van der Waals surface area contributed by atoms with Gasteiger partial charge in [0.15, 0.2) is 6.61 Å². The molecule has 0 aliphatic carbocycles. The van der Waals surface area contributed by atoms with Gasteiger partial charge in [0.2, 0.25) is 0 Å². The van der Waals surface area contributed by atoms with E-state index in [9.17, 15) is 9.59 Å². The van der Waals surface area contributed by atoms with E-state index in [2.05, 4.69) is 10.3 Å². The summed E-state index contributed by atoms with van der Waals surface area (Å²) in [6.07, 6.45) is 0.00436. The molecule has 0 fully saturated rings. The first-order chi connectivity index (χ1) is 13.9. The third-order valence-corrected chi connectivity index (χ3v) is 3.97. The molecule has 3 N–H and O–H groups in total. The van der Waals surface area contributed by atoms with Gasteiger partial charge in [0, 0.05) is 11.3 Å². The Hall–Kier alpha value is -3.61. The zero-order valence-corrected chi connectivity index (χ0v) is 16.8. The minimum absolute atomic E-state index is 0.00436. The normalized spacial score (nSPS) is 12.0. The highest BCUT2D eigenvalue weighted by Gasteiger charge is 2.14. The van der Waals surface area contributed by atoms with E-state index < -0.39 is 18.5 Å². The predicted octanol–water partition coefficient (Wildman–Crippen LogP) is 2.88. The van der Waals surface area contributed by atoms with Gasteiger partial charge < -0.3 is 20.5 Å². The van der Waals surface area contributed by atoms with E-state index in [0.717, 1.165) is 5.69 Å². The molecule has 0 aliphatic rings. The Labute approximate surface area is 170 Å². The van der Waals surface area contributed by atoms with E-state index in [1.165, 1.54) is 7.11 Å². The average Bonchev–Trinajstić information content (AvgIpc) is 2.71. The number of esters is 1. The first kappa shape index (κ1) is 21.7. The van der Waals surface area contributed by atoms with Crippen LogP contribution in [0.15, 0.2) is 71.0 Å². The van der Waals surface area contributed by atoms with Crippen molar-refractivity contribution in [2.45, 2.75) is 20.3 Å². The van der Waals surface area contributed by atoms with Crippen molar-refractivity contribution in [3.05, 3.63) is 71.6 Å². The van der Waals surface area contributed by atoms with Crippen molar-refractivity contribution in [3.63, 3.8) is 0 Å². The van der Waals surface area contributed by atoms with Gasteiger partial charge in [-0.25, -0.2) is 0 Å². The molecule has 2 aromatic carbocycles. The van der Waals surface area contributed by atoms with Crippen LogP contribution in [0.25, 0.3) is 0 Å². The summed E-state index contributed by atoms with van der Waals surface area (Å²) in [4.78, 5) is 28.7. The van der Waals surface area contributed by atoms with Crippen LogP contribution in [0.4, 0.5) is 5.69 Å². The van der Waals surface area contributed by atoms with Gasteiger partial charge in [0.1, 0.15) is 5.75 Å². The van der Waals surface area contributed by atoms with Crippen molar-refractivity contribution in [1.82, 2.24) is 5.32 Å². The first-order valence-electron chi connectivity index (χ1n) is 9.05. The van der Waals surface area contributed by atoms with Gasteiger partial charge in [0.25, 0.3) is 5.91 Å². The van der Waals surface area contributed by atoms with E-state index in [4.69, 9.17) is 15.2 Å². The van der Waals surface area contributed by atoms with Gasteiger partial charge in [0.05, 0.1) is 30.6 Å². The molecule has 2 aromatic rings. The standard InChI is InChI=1S/C22H25N3O4/c1-15(23)22(16(2)24-18-10-5-4-6-11-18)25-20(26)14-29-21(27)13-17-9-7-8-12-19(17)28-3/h4-12H,13-14,23H2,1-3H3,(H,25,26). The van der Waals surface area contributed by atoms with Crippen molar-refractivity contribution in [1.29, 1.82) is 0 Å². The summed E-state index contributed by atoms with van der Waals surface area (Å²) in [6.45, 7) is 2.98. The van der Waals surface area contributed by atoms with Crippen LogP contribution in [0.1, 0.15) is 19.4 Å². The topological polar surface area (TPSA) is 103 Å². The number of hydrogen-bond acceptors (Lipinski definition) is 6. The van der Waals surface area contributed by atoms with Crippen LogP contribution in [0.3, 0.4) is 0 Å². The minimum Gasteiger partial charge on any atom is -0.496 e. The van der Waals surface area contributed by atoms with E-state index in [-0.39, 0.29) is 6.42 Å². The zero-order valence-electron chi connectivity index (χ0n) is 16.8. The van der Waals surface area contributed by atoms with Crippen LogP contribution in [-0.2, 0) is 20.7 Å². The number of rotatable bonds is 8. The lowest BCUT2D eigenvalue weighted by Gasteiger charge is -2.12. The predicted molar refractivity (Wildman–Crippen MR) is 112 cm³/mol. The van der Waals surface area contributed by atoms with Gasteiger partial charge in [-0.2, -0.15) is 0 Å². The second-order valence-electron chi connectivity index (χ2n) is 6.29. The SMILES string of the molecule is COc1ccccc1CC(=O)OCC(=O)NC(C(C)=Nc1ccccc1)=C(C)N. The van der Waals surface area contributed by atoms with Gasteiger partial charge in [-0.1, -0.05) is 36.4 Å². The van der Waals surface area contributed by atoms with Crippen molar-refractivity contribution >= 4 is 23.3 Å². The molecule has 0 aromatic heterocycles. The summed E-state index contributed by atoms with van der Waals surface area (Å²) < 4.78 is 10.3. The third kappa shape index (κ3) is 6.80. The molecule has 0 spiro atoms. The maximum Gasteiger partial charge on any atom is 0.310 e. The Kier molecular flexibility index (Phi) is 7.97. The summed E-state index contributed by atoms with van der Waals surface area (Å²) in [5.41, 5.74) is 8.65. The lowest BCUT2D eigenvalue weighted by atomic mass is 10.1. The maximum absolute atomic E-state index is 12.2. The fraction of sp³-hybridized carbons (Fsp3) is 0.227. The van der Waals surface area contributed by atoms with E-state index in [1.54, 1.807) is 32.0 Å². The number of carbonyl (C=O) groups excluding carboxylic acids is 2. The quantitative estimate of drug-likeness (QED) is 0.528. The number of nitrogens with two attached hydrogens (primary N) is 1. The molecule has 152 valence electrons. The molecule has 0 atom stereocenters. The highest BCUT2D eigenvalue weighted by atomic mass is 16.5. The van der Waals surface area contributed by atoms with E-state index >= 15 is 0 Å². The Bertz CT molecular complexity index is 917. The number of para-hydroxylation sites is 2. The molecular weight excluding hydrogens is 370 g/mol. The highest BCUT2D eigenvalue weighted by Crippen LogP contribution is 2.18. The average molecular weight is 395 g/mol. The number of nitrogens with one attached hydrogen (secondary N) is 1. The third-order valence-electron chi connectivity index (χ3n) is 3.97. The van der Waals surface area contributed by atoms with E-state index in [0.29, 0.717) is 28.4 Å². The largest absolute Gasteiger partial charge is 0.496 e. The Morgan fingerprint density at radius 2 is 1.69 bits per heavy atom. The summed E-state index contributed by atoms with van der Waals surface area (Å²) in [5.74, 6) is -0.444. The second-order valence-corrected chi connectivity index (χ2v) is 6.29. The second kappa shape index (κ2) is 10.7. The fourth-order valence-electron chi connectivity index (χ4n) is 2.60. The van der Waals surface area contributed by atoms with Crippen molar-refractivity contribution in [3.8, 4) is 5.75 Å². The number of hydrogen-bond donors (Lipinski definition) is 2. The summed E-state index contributed by atoms with van der Waals surface area (Å²) in [6, 6.07) is 16.4. The molecule has 0 saturated carbocycles. The molecular formula is C22H25N3O4. The highest BCUT2D eigenvalue weighted by molar-refractivity contribution is 6.03. The lowest BCUT2D eigenvalue weighted by Crippen LogP contribution is -2.32. The van der Waals surface area contributed by atoms with Crippen molar-refractivity contribution in [2.24, 2.45) is 10.7 Å². The number of benzene rings is 2. The molecule has 0 aliphatic heterocycles. The Morgan fingerprint density at radius 3 is 2.34 bits per heavy atom. The van der Waals surface area contributed by atoms with Crippen molar-refractivity contribution in [2.75, 3.05) is 13.7 Å². The van der Waals surface area contributed by atoms with Gasteiger partial charge in [-0.15, -0.1) is 0 Å². The molecule has 0 bridgehead atoms. The molecule has 1 amide bonds. The number of ether oxygens (including phenoxy) is 2. The molecule has 7 nitrogen and oxygen atoms in total. The van der Waals surface area contributed by atoms with Crippen LogP contribution in [0.5, 0.6) is 5.75 Å². The van der Waals surface area contributed by atoms with Crippen LogP contribution < -0.4 is 15.8 Å².